The third-order valence-corrected chi connectivity index (χ3v) is 4.36. The third kappa shape index (κ3) is 6.25. The van der Waals surface area contributed by atoms with Crippen LogP contribution in [0.15, 0.2) is 24.3 Å². The number of hydrogen-bond acceptors (Lipinski definition) is 6. The highest BCUT2D eigenvalue weighted by Gasteiger charge is 2.30. The molecule has 1 aromatic carbocycles. The fourth-order valence-electron chi connectivity index (χ4n) is 3.12. The van der Waals surface area contributed by atoms with E-state index in [1.165, 1.54) is 0 Å². The Morgan fingerprint density at radius 2 is 1.77 bits per heavy atom. The smallest absolute Gasteiger partial charge is 0.325 e. The quantitative estimate of drug-likeness (QED) is 0.603. The predicted molar refractivity (Wildman–Crippen MR) is 98.5 cm³/mol. The van der Waals surface area contributed by atoms with Crippen LogP contribution in [0.4, 0.5) is 0 Å². The van der Waals surface area contributed by atoms with E-state index in [-0.39, 0.29) is 12.7 Å². The van der Waals surface area contributed by atoms with Gasteiger partial charge in [-0.2, -0.15) is 0 Å². The van der Waals surface area contributed by atoms with Gasteiger partial charge < -0.3 is 19.7 Å². The summed E-state index contributed by atoms with van der Waals surface area (Å²) in [7, 11) is 0. The molecule has 1 heterocycles. The van der Waals surface area contributed by atoms with Crippen LogP contribution < -0.4 is 4.74 Å². The summed E-state index contributed by atoms with van der Waals surface area (Å²) in [6.07, 6.45) is 0.0885. The van der Waals surface area contributed by atoms with Gasteiger partial charge in [-0.15, -0.1) is 0 Å². The minimum Gasteiger partial charge on any atom is -0.491 e. The van der Waals surface area contributed by atoms with E-state index >= 15 is 0 Å². The lowest BCUT2D eigenvalue weighted by atomic mass is 10.0. The Balaban J connectivity index is 1.91. The Labute approximate surface area is 155 Å². The lowest BCUT2D eigenvalue weighted by molar-refractivity contribution is -0.144. The highest BCUT2D eigenvalue weighted by atomic mass is 16.5. The van der Waals surface area contributed by atoms with Gasteiger partial charge >= 0.3 is 5.97 Å². The van der Waals surface area contributed by atoms with E-state index in [9.17, 15) is 9.90 Å². The van der Waals surface area contributed by atoms with Gasteiger partial charge in [0.1, 0.15) is 11.8 Å². The van der Waals surface area contributed by atoms with Gasteiger partial charge in [-0.05, 0) is 31.5 Å². The first kappa shape index (κ1) is 20.6. The minimum absolute atomic E-state index is 0.0368. The molecule has 2 N–H and O–H groups in total. The highest BCUT2D eigenvalue weighted by molar-refractivity contribution is 5.75. The zero-order chi connectivity index (χ0) is 18.9. The number of carboxylic acids is 1. The van der Waals surface area contributed by atoms with Crippen molar-refractivity contribution in [3.8, 4) is 5.75 Å². The number of aliphatic carboxylic acids is 1. The average Bonchev–Trinajstić information content (AvgIpc) is 2.61. The van der Waals surface area contributed by atoms with E-state index in [1.807, 2.05) is 43.0 Å². The summed E-state index contributed by atoms with van der Waals surface area (Å²) in [6, 6.07) is 6.70. The van der Waals surface area contributed by atoms with Crippen LogP contribution in [0.5, 0.6) is 5.75 Å². The number of ether oxygens (including phenoxy) is 2. The van der Waals surface area contributed by atoms with E-state index < -0.39 is 12.0 Å². The fourth-order valence-corrected chi connectivity index (χ4v) is 3.12. The van der Waals surface area contributed by atoms with Crippen LogP contribution in [-0.4, -0.2) is 84.6 Å². The number of aliphatic hydroxyl groups is 1. The molecule has 26 heavy (non-hydrogen) atoms. The summed E-state index contributed by atoms with van der Waals surface area (Å²) in [5.41, 5.74) is 0.772. The number of rotatable bonds is 10. The first-order chi connectivity index (χ1) is 12.5. The van der Waals surface area contributed by atoms with Crippen LogP contribution in [-0.2, 0) is 9.53 Å². The molecular formula is C19H30N2O5. The van der Waals surface area contributed by atoms with Crippen LogP contribution in [0.2, 0.25) is 0 Å². The Bertz CT molecular complexity index is 541. The molecule has 0 saturated carbocycles. The summed E-state index contributed by atoms with van der Waals surface area (Å²) in [5.74, 6) is -0.0807. The topological polar surface area (TPSA) is 82.5 Å². The number of carboxylic acid groups (broad SMARTS) is 1. The standard InChI is InChI=1S/C19H30N2O5/c1-15(2)26-17-5-3-16(4-6-17)18(19(23)24)21-9-7-20(8-10-21)11-13-25-14-12-22/h3-6,15,18,22H,7-14H2,1-2H3,(H,23,24)/t18-/m0/s1. The van der Waals surface area contributed by atoms with Crippen LogP contribution in [0.25, 0.3) is 0 Å². The Morgan fingerprint density at radius 1 is 1.12 bits per heavy atom. The summed E-state index contributed by atoms with van der Waals surface area (Å²) in [6.45, 7) is 8.70. The van der Waals surface area contributed by atoms with Crippen molar-refractivity contribution in [2.75, 3.05) is 52.5 Å². The molecule has 7 nitrogen and oxygen atoms in total. The molecule has 0 aliphatic carbocycles. The molecular weight excluding hydrogens is 336 g/mol. The van der Waals surface area contributed by atoms with E-state index in [1.54, 1.807) is 0 Å². The summed E-state index contributed by atoms with van der Waals surface area (Å²) >= 11 is 0. The number of aliphatic hydroxyl groups excluding tert-OH is 1. The van der Waals surface area contributed by atoms with Crippen LogP contribution in [0.1, 0.15) is 25.5 Å². The number of benzene rings is 1. The van der Waals surface area contributed by atoms with E-state index in [2.05, 4.69) is 4.90 Å². The minimum atomic E-state index is -0.831. The molecule has 1 aliphatic rings. The summed E-state index contributed by atoms with van der Waals surface area (Å²) in [4.78, 5) is 16.1. The first-order valence-electron chi connectivity index (χ1n) is 9.15. The molecule has 0 unspecified atom stereocenters. The first-order valence-corrected chi connectivity index (χ1v) is 9.15. The molecule has 0 spiro atoms. The molecule has 146 valence electrons. The Morgan fingerprint density at radius 3 is 2.31 bits per heavy atom. The van der Waals surface area contributed by atoms with Crippen LogP contribution >= 0.6 is 0 Å². The maximum Gasteiger partial charge on any atom is 0.325 e. The number of hydrogen-bond donors (Lipinski definition) is 2. The molecule has 1 atom stereocenters. The van der Waals surface area contributed by atoms with Crippen molar-refractivity contribution >= 4 is 5.97 Å². The second kappa shape index (κ2) is 10.5. The molecule has 7 heteroatoms. The van der Waals surface area contributed by atoms with Gasteiger partial charge in [-0.25, -0.2) is 0 Å². The molecule has 1 aliphatic heterocycles. The monoisotopic (exact) mass is 366 g/mol. The van der Waals surface area contributed by atoms with E-state index in [0.29, 0.717) is 26.3 Å². The Hall–Kier alpha value is -1.67. The van der Waals surface area contributed by atoms with Gasteiger partial charge in [0.15, 0.2) is 0 Å². The second-order valence-corrected chi connectivity index (χ2v) is 6.69. The van der Waals surface area contributed by atoms with Gasteiger partial charge in [-0.1, -0.05) is 12.1 Å². The molecule has 0 bridgehead atoms. The number of nitrogens with zero attached hydrogens (tertiary/aromatic N) is 2. The van der Waals surface area contributed by atoms with Crippen molar-refractivity contribution < 1.29 is 24.5 Å². The van der Waals surface area contributed by atoms with Gasteiger partial charge in [0.2, 0.25) is 0 Å². The zero-order valence-electron chi connectivity index (χ0n) is 15.6. The molecule has 1 fully saturated rings. The fraction of sp³-hybridized carbons (Fsp3) is 0.632. The number of carbonyl (C=O) groups is 1. The van der Waals surface area contributed by atoms with Gasteiger partial charge in [0.25, 0.3) is 0 Å². The van der Waals surface area contributed by atoms with Gasteiger partial charge in [0.05, 0.1) is 25.9 Å². The van der Waals surface area contributed by atoms with Crippen molar-refractivity contribution in [3.63, 3.8) is 0 Å². The van der Waals surface area contributed by atoms with Gasteiger partial charge in [-0.3, -0.25) is 14.6 Å². The number of piperazine rings is 1. The normalized spacial score (nSPS) is 17.4. The molecule has 0 radical (unpaired) electrons. The highest BCUT2D eigenvalue weighted by Crippen LogP contribution is 2.25. The zero-order valence-corrected chi connectivity index (χ0v) is 15.6. The third-order valence-electron chi connectivity index (χ3n) is 4.36. The Kier molecular flexibility index (Phi) is 8.31. The molecule has 1 saturated heterocycles. The lowest BCUT2D eigenvalue weighted by Crippen LogP contribution is -2.49. The van der Waals surface area contributed by atoms with Crippen molar-refractivity contribution in [2.24, 2.45) is 0 Å². The average molecular weight is 366 g/mol. The summed E-state index contributed by atoms with van der Waals surface area (Å²) in [5, 5.41) is 18.4. The molecule has 0 amide bonds. The van der Waals surface area contributed by atoms with Crippen molar-refractivity contribution in [1.29, 1.82) is 0 Å². The van der Waals surface area contributed by atoms with Crippen LogP contribution in [0.3, 0.4) is 0 Å². The maximum atomic E-state index is 11.9. The van der Waals surface area contributed by atoms with Gasteiger partial charge in [0, 0.05) is 32.7 Å². The van der Waals surface area contributed by atoms with Crippen molar-refractivity contribution in [2.45, 2.75) is 26.0 Å². The van der Waals surface area contributed by atoms with E-state index in [0.717, 1.165) is 30.9 Å². The second-order valence-electron chi connectivity index (χ2n) is 6.69. The predicted octanol–water partition coefficient (Wildman–Crippen LogP) is 1.23. The molecule has 0 aromatic heterocycles. The van der Waals surface area contributed by atoms with E-state index in [4.69, 9.17) is 14.6 Å². The largest absolute Gasteiger partial charge is 0.491 e. The maximum absolute atomic E-state index is 11.9. The summed E-state index contributed by atoms with van der Waals surface area (Å²) < 4.78 is 10.9. The van der Waals surface area contributed by atoms with Crippen molar-refractivity contribution in [3.05, 3.63) is 29.8 Å². The molecule has 2 rings (SSSR count). The SMILES string of the molecule is CC(C)Oc1ccc([C@@H](C(=O)O)N2CCN(CCOCCO)CC2)cc1. The van der Waals surface area contributed by atoms with Crippen LogP contribution in [0, 0.1) is 0 Å². The lowest BCUT2D eigenvalue weighted by Gasteiger charge is -2.37. The van der Waals surface area contributed by atoms with Crippen molar-refractivity contribution in [1.82, 2.24) is 9.80 Å². The molecule has 1 aromatic rings.